The maximum atomic E-state index is 14.0. The average molecular weight is 464 g/mol. The lowest BCUT2D eigenvalue weighted by atomic mass is 9.93. The number of rotatable bonds is 5. The topological polar surface area (TPSA) is 79.7 Å². The molecule has 1 N–H and O–H groups in total. The smallest absolute Gasteiger partial charge is 0.300 e. The van der Waals surface area contributed by atoms with E-state index in [4.69, 9.17) is 4.74 Å². The van der Waals surface area contributed by atoms with Gasteiger partial charge in [0.05, 0.1) is 18.7 Å². The molecule has 2 aromatic carbocycles. The molecule has 1 amide bonds. The Morgan fingerprint density at radius 1 is 1.09 bits per heavy atom. The van der Waals surface area contributed by atoms with Gasteiger partial charge < -0.3 is 9.84 Å². The Bertz CT molecular complexity index is 1310. The van der Waals surface area contributed by atoms with Gasteiger partial charge in [0.2, 0.25) is 0 Å². The molecule has 1 fully saturated rings. The molecular formula is C26H22F2N2O4. The molecule has 174 valence electrons. The van der Waals surface area contributed by atoms with E-state index >= 15 is 0 Å². The number of Topliss-reactive ketones (excluding diaryl/α,β-unsaturated/α-hetero) is 1. The number of amides is 1. The van der Waals surface area contributed by atoms with Crippen LogP contribution < -0.4 is 9.64 Å². The molecule has 1 saturated heterocycles. The van der Waals surface area contributed by atoms with Crippen LogP contribution in [0.25, 0.3) is 5.76 Å². The minimum Gasteiger partial charge on any atom is -0.507 e. The van der Waals surface area contributed by atoms with Crippen molar-refractivity contribution in [1.82, 2.24) is 4.98 Å². The van der Waals surface area contributed by atoms with Gasteiger partial charge in [0.25, 0.3) is 11.7 Å². The lowest BCUT2D eigenvalue weighted by Crippen LogP contribution is -2.29. The Labute approximate surface area is 195 Å². The van der Waals surface area contributed by atoms with E-state index in [1.54, 1.807) is 30.3 Å². The highest BCUT2D eigenvalue weighted by Crippen LogP contribution is 2.42. The number of aliphatic hydroxyl groups is 1. The number of halogens is 2. The number of hydrogen-bond donors (Lipinski definition) is 1. The van der Waals surface area contributed by atoms with Crippen molar-refractivity contribution in [1.29, 1.82) is 0 Å². The third-order valence-electron chi connectivity index (χ3n) is 5.75. The molecule has 0 spiro atoms. The summed E-state index contributed by atoms with van der Waals surface area (Å²) >= 11 is 0. The first-order valence-corrected chi connectivity index (χ1v) is 10.6. The standard InChI is InChI=1S/C26H22F2N2O4/c1-14(2)18-11-15(6-9-21(18)34-3)24(31)22-23(16-5-4-10-29-13-16)30(26(33)25(22)32)17-7-8-19(27)20(28)12-17/h4-14,23,31H,1-3H3/b24-22-. The lowest BCUT2D eigenvalue weighted by molar-refractivity contribution is -0.132. The number of nitrogens with zero attached hydrogens (tertiary/aromatic N) is 2. The second kappa shape index (κ2) is 9.05. The average Bonchev–Trinajstić information content (AvgIpc) is 3.11. The van der Waals surface area contributed by atoms with Gasteiger partial charge in [0.1, 0.15) is 11.5 Å². The van der Waals surface area contributed by atoms with Crippen LogP contribution in [0.5, 0.6) is 5.75 Å². The van der Waals surface area contributed by atoms with Crippen molar-refractivity contribution in [3.63, 3.8) is 0 Å². The number of carbonyl (C=O) groups excluding carboxylic acids is 2. The Balaban J connectivity index is 1.94. The van der Waals surface area contributed by atoms with Crippen LogP contribution in [0.4, 0.5) is 14.5 Å². The monoisotopic (exact) mass is 464 g/mol. The fraction of sp³-hybridized carbons (Fsp3) is 0.192. The van der Waals surface area contributed by atoms with Gasteiger partial charge in [-0.15, -0.1) is 0 Å². The van der Waals surface area contributed by atoms with Crippen LogP contribution in [0.3, 0.4) is 0 Å². The summed E-state index contributed by atoms with van der Waals surface area (Å²) in [6.45, 7) is 3.92. The van der Waals surface area contributed by atoms with E-state index in [0.717, 1.165) is 22.6 Å². The van der Waals surface area contributed by atoms with Crippen LogP contribution in [-0.4, -0.2) is 28.9 Å². The van der Waals surface area contributed by atoms with Crippen LogP contribution in [0.15, 0.2) is 66.5 Å². The molecule has 3 aromatic rings. The van der Waals surface area contributed by atoms with E-state index < -0.39 is 29.4 Å². The summed E-state index contributed by atoms with van der Waals surface area (Å²) in [6.07, 6.45) is 2.97. The third-order valence-corrected chi connectivity index (χ3v) is 5.75. The molecule has 1 atom stereocenters. The van der Waals surface area contributed by atoms with Gasteiger partial charge in [-0.3, -0.25) is 19.5 Å². The SMILES string of the molecule is COc1ccc(/C(O)=C2/C(=O)C(=O)N(c3ccc(F)c(F)c3)C2c2cccnc2)cc1C(C)C. The number of carbonyl (C=O) groups is 2. The molecule has 2 heterocycles. The van der Waals surface area contributed by atoms with E-state index in [-0.39, 0.29) is 22.9 Å². The second-order valence-electron chi connectivity index (χ2n) is 8.17. The highest BCUT2D eigenvalue weighted by molar-refractivity contribution is 6.51. The summed E-state index contributed by atoms with van der Waals surface area (Å²) < 4.78 is 33.0. The van der Waals surface area contributed by atoms with E-state index in [2.05, 4.69) is 4.98 Å². The summed E-state index contributed by atoms with van der Waals surface area (Å²) in [5.74, 6) is -3.88. The van der Waals surface area contributed by atoms with Crippen LogP contribution in [-0.2, 0) is 9.59 Å². The summed E-state index contributed by atoms with van der Waals surface area (Å²) in [4.78, 5) is 31.3. The van der Waals surface area contributed by atoms with Crippen LogP contribution in [0, 0.1) is 11.6 Å². The predicted molar refractivity (Wildman–Crippen MR) is 122 cm³/mol. The number of anilines is 1. The maximum Gasteiger partial charge on any atom is 0.300 e. The number of benzene rings is 2. The molecular weight excluding hydrogens is 442 g/mol. The van der Waals surface area contributed by atoms with E-state index in [9.17, 15) is 23.5 Å². The lowest BCUT2D eigenvalue weighted by Gasteiger charge is -2.25. The minimum atomic E-state index is -1.17. The van der Waals surface area contributed by atoms with Gasteiger partial charge in [-0.2, -0.15) is 0 Å². The van der Waals surface area contributed by atoms with Crippen LogP contribution >= 0.6 is 0 Å². The van der Waals surface area contributed by atoms with Crippen molar-refractivity contribution in [3.05, 3.63) is 94.8 Å². The van der Waals surface area contributed by atoms with Gasteiger partial charge in [-0.1, -0.05) is 19.9 Å². The van der Waals surface area contributed by atoms with Crippen molar-refractivity contribution in [2.24, 2.45) is 0 Å². The van der Waals surface area contributed by atoms with Crippen molar-refractivity contribution in [2.75, 3.05) is 12.0 Å². The summed E-state index contributed by atoms with van der Waals surface area (Å²) in [5.41, 5.74) is 1.35. The summed E-state index contributed by atoms with van der Waals surface area (Å²) in [7, 11) is 1.54. The third kappa shape index (κ3) is 3.91. The molecule has 0 saturated carbocycles. The van der Waals surface area contributed by atoms with Gasteiger partial charge >= 0.3 is 0 Å². The Morgan fingerprint density at radius 3 is 2.47 bits per heavy atom. The number of pyridine rings is 1. The van der Waals surface area contributed by atoms with E-state index in [1.807, 2.05) is 13.8 Å². The number of ether oxygens (including phenoxy) is 1. The summed E-state index contributed by atoms with van der Waals surface area (Å²) in [5, 5.41) is 11.3. The fourth-order valence-corrected chi connectivity index (χ4v) is 4.08. The zero-order valence-corrected chi connectivity index (χ0v) is 18.8. The van der Waals surface area contributed by atoms with Crippen molar-refractivity contribution in [3.8, 4) is 5.75 Å². The molecule has 0 bridgehead atoms. The number of hydrogen-bond acceptors (Lipinski definition) is 5. The molecule has 0 aliphatic carbocycles. The number of aliphatic hydroxyl groups excluding tert-OH is 1. The number of aromatic nitrogens is 1. The summed E-state index contributed by atoms with van der Waals surface area (Å²) in [6, 6.07) is 10.0. The van der Waals surface area contributed by atoms with Gasteiger partial charge in [-0.05, 0) is 53.4 Å². The van der Waals surface area contributed by atoms with Crippen LogP contribution in [0.2, 0.25) is 0 Å². The molecule has 6 nitrogen and oxygen atoms in total. The molecule has 1 unspecified atom stereocenters. The molecule has 4 rings (SSSR count). The first-order chi connectivity index (χ1) is 16.2. The Kier molecular flexibility index (Phi) is 6.15. The normalized spacial score (nSPS) is 17.5. The van der Waals surface area contributed by atoms with Crippen molar-refractivity contribution in [2.45, 2.75) is 25.8 Å². The molecule has 34 heavy (non-hydrogen) atoms. The largest absolute Gasteiger partial charge is 0.507 e. The predicted octanol–water partition coefficient (Wildman–Crippen LogP) is 5.12. The van der Waals surface area contributed by atoms with E-state index in [0.29, 0.717) is 16.9 Å². The van der Waals surface area contributed by atoms with E-state index in [1.165, 1.54) is 25.6 Å². The first-order valence-electron chi connectivity index (χ1n) is 10.6. The van der Waals surface area contributed by atoms with Crippen molar-refractivity contribution < 1.29 is 28.2 Å². The first kappa shape index (κ1) is 23.1. The number of methoxy groups -OCH3 is 1. The molecule has 0 radical (unpaired) electrons. The fourth-order valence-electron chi connectivity index (χ4n) is 4.08. The molecule has 1 aliphatic heterocycles. The second-order valence-corrected chi connectivity index (χ2v) is 8.17. The van der Waals surface area contributed by atoms with Gasteiger partial charge in [-0.25, -0.2) is 8.78 Å². The Hall–Kier alpha value is -4.07. The maximum absolute atomic E-state index is 14.0. The highest BCUT2D eigenvalue weighted by Gasteiger charge is 2.47. The molecule has 1 aliphatic rings. The highest BCUT2D eigenvalue weighted by atomic mass is 19.2. The molecule has 1 aromatic heterocycles. The minimum absolute atomic E-state index is 0.0218. The molecule has 8 heteroatoms. The van der Waals surface area contributed by atoms with Crippen molar-refractivity contribution >= 4 is 23.1 Å². The van der Waals surface area contributed by atoms with Gasteiger partial charge in [0.15, 0.2) is 11.6 Å². The zero-order valence-electron chi connectivity index (χ0n) is 18.8. The van der Waals surface area contributed by atoms with Gasteiger partial charge in [0, 0.05) is 29.7 Å². The quantitative estimate of drug-likeness (QED) is 0.322. The zero-order chi connectivity index (χ0) is 24.6. The number of ketones is 1. The van der Waals surface area contributed by atoms with Crippen LogP contribution in [0.1, 0.15) is 42.5 Å². The Morgan fingerprint density at radius 2 is 1.85 bits per heavy atom.